The topological polar surface area (TPSA) is 113 Å². The lowest BCUT2D eigenvalue weighted by Crippen LogP contribution is -2.35. The third-order valence-corrected chi connectivity index (χ3v) is 7.00. The van der Waals surface area contributed by atoms with Crippen LogP contribution in [0.1, 0.15) is 27.0 Å². The second kappa shape index (κ2) is 8.74. The van der Waals surface area contributed by atoms with Crippen LogP contribution in [-0.2, 0) is 29.5 Å². The normalized spacial score (nSPS) is 14.1. The zero-order valence-electron chi connectivity index (χ0n) is 17.7. The van der Waals surface area contributed by atoms with Crippen molar-refractivity contribution in [2.45, 2.75) is 19.5 Å². The minimum atomic E-state index is -3.23. The van der Waals surface area contributed by atoms with Crippen molar-refractivity contribution in [1.29, 1.82) is 0 Å². The second-order valence-corrected chi connectivity index (χ2v) is 9.86. The van der Waals surface area contributed by atoms with Crippen LogP contribution in [0.25, 0.3) is 11.1 Å². The van der Waals surface area contributed by atoms with Crippen LogP contribution < -0.4 is 11.1 Å². The molecule has 0 unspecified atom stereocenters. The number of nitrogens with one attached hydrogen (secondary N) is 1. The van der Waals surface area contributed by atoms with Crippen LogP contribution in [0.4, 0.5) is 11.4 Å². The number of hydrogen-bond donors (Lipinski definition) is 3. The number of nitrogens with zero attached hydrogens (tertiary/aromatic N) is 1. The summed E-state index contributed by atoms with van der Waals surface area (Å²) in [6.45, 7) is 1.19. The van der Waals surface area contributed by atoms with E-state index in [0.29, 0.717) is 26.1 Å². The molecule has 0 amide bonds. The summed E-state index contributed by atoms with van der Waals surface area (Å²) in [4.78, 5) is 11.2. The van der Waals surface area contributed by atoms with Gasteiger partial charge >= 0.3 is 5.97 Å². The molecule has 0 fully saturated rings. The van der Waals surface area contributed by atoms with Crippen molar-refractivity contribution in [3.05, 3.63) is 82.9 Å². The number of hydrogen-bond acceptors (Lipinski definition) is 5. The van der Waals surface area contributed by atoms with Crippen molar-refractivity contribution >= 4 is 27.4 Å². The summed E-state index contributed by atoms with van der Waals surface area (Å²) in [5.74, 6) is -0.964. The quantitative estimate of drug-likeness (QED) is 0.528. The van der Waals surface area contributed by atoms with Crippen LogP contribution in [0.5, 0.6) is 0 Å². The highest BCUT2D eigenvalue weighted by Gasteiger charge is 2.24. The first-order valence-electron chi connectivity index (χ1n) is 10.3. The first-order chi connectivity index (χ1) is 15.3. The molecule has 4 N–H and O–H groups in total. The van der Waals surface area contributed by atoms with Gasteiger partial charge in [-0.25, -0.2) is 13.2 Å². The number of carboxylic acid groups (broad SMARTS) is 1. The molecule has 0 atom stereocenters. The Balaban J connectivity index is 1.65. The molecule has 0 radical (unpaired) electrons. The molecule has 1 aliphatic heterocycles. The molecule has 0 aliphatic carbocycles. The van der Waals surface area contributed by atoms with Crippen LogP contribution >= 0.6 is 0 Å². The molecule has 4 rings (SSSR count). The lowest BCUT2D eigenvalue weighted by Gasteiger charge is -2.28. The maximum Gasteiger partial charge on any atom is 0.335 e. The fourth-order valence-electron chi connectivity index (χ4n) is 4.03. The Labute approximate surface area is 187 Å². The van der Waals surface area contributed by atoms with Gasteiger partial charge in [0.2, 0.25) is 10.0 Å². The smallest absolute Gasteiger partial charge is 0.335 e. The van der Waals surface area contributed by atoms with E-state index < -0.39 is 16.0 Å². The minimum absolute atomic E-state index is 0.233. The zero-order chi connectivity index (χ0) is 22.9. The third kappa shape index (κ3) is 4.52. The Morgan fingerprint density at radius 2 is 1.88 bits per heavy atom. The van der Waals surface area contributed by atoms with E-state index in [-0.39, 0.29) is 5.56 Å². The average Bonchev–Trinajstić information content (AvgIpc) is 2.78. The summed E-state index contributed by atoms with van der Waals surface area (Å²) in [5.41, 5.74) is 12.9. The highest BCUT2D eigenvalue weighted by molar-refractivity contribution is 7.88. The molecule has 0 saturated carbocycles. The number of nitrogens with two attached hydrogens (primary N) is 1. The minimum Gasteiger partial charge on any atom is -0.478 e. The van der Waals surface area contributed by atoms with Gasteiger partial charge in [-0.1, -0.05) is 30.3 Å². The van der Waals surface area contributed by atoms with E-state index >= 15 is 0 Å². The lowest BCUT2D eigenvalue weighted by atomic mass is 9.97. The molecule has 0 saturated heterocycles. The van der Waals surface area contributed by atoms with E-state index in [1.54, 1.807) is 24.3 Å². The molecule has 0 bridgehead atoms. The molecule has 32 heavy (non-hydrogen) atoms. The summed E-state index contributed by atoms with van der Waals surface area (Å²) in [6.07, 6.45) is 1.87. The largest absolute Gasteiger partial charge is 0.478 e. The van der Waals surface area contributed by atoms with Crippen molar-refractivity contribution in [2.24, 2.45) is 5.73 Å². The van der Waals surface area contributed by atoms with Gasteiger partial charge in [-0.15, -0.1) is 0 Å². The van der Waals surface area contributed by atoms with E-state index in [4.69, 9.17) is 10.8 Å². The summed E-state index contributed by atoms with van der Waals surface area (Å²) in [6, 6.07) is 18.5. The van der Waals surface area contributed by atoms with Gasteiger partial charge in [-0.2, -0.15) is 4.31 Å². The standard InChI is InChI=1S/C24H25N3O4S/c1-32(30,31)27-12-11-21-19(15-27)3-2-4-23(21)26-20-10-9-18(14-25)22(13-20)16-5-7-17(8-6-16)24(28)29/h2-10,13,26H,11-12,14-15,25H2,1H3,(H,28,29). The van der Waals surface area contributed by atoms with E-state index in [0.717, 1.165) is 39.2 Å². The molecule has 1 aliphatic rings. The molecule has 0 spiro atoms. The predicted molar refractivity (Wildman–Crippen MR) is 125 cm³/mol. The number of benzene rings is 3. The lowest BCUT2D eigenvalue weighted by molar-refractivity contribution is 0.0697. The second-order valence-electron chi connectivity index (χ2n) is 7.87. The van der Waals surface area contributed by atoms with Crippen molar-refractivity contribution in [1.82, 2.24) is 4.31 Å². The van der Waals surface area contributed by atoms with Gasteiger partial charge in [0.1, 0.15) is 0 Å². The van der Waals surface area contributed by atoms with Crippen molar-refractivity contribution < 1.29 is 18.3 Å². The van der Waals surface area contributed by atoms with Crippen molar-refractivity contribution in [3.63, 3.8) is 0 Å². The summed E-state index contributed by atoms with van der Waals surface area (Å²) < 4.78 is 25.4. The summed E-state index contributed by atoms with van der Waals surface area (Å²) in [7, 11) is -3.23. The molecule has 166 valence electrons. The number of aromatic carboxylic acids is 1. The van der Waals surface area contributed by atoms with E-state index in [1.165, 1.54) is 10.6 Å². The van der Waals surface area contributed by atoms with Gasteiger partial charge in [0, 0.05) is 31.0 Å². The number of sulfonamides is 1. The monoisotopic (exact) mass is 451 g/mol. The van der Waals surface area contributed by atoms with Gasteiger partial charge in [0.25, 0.3) is 0 Å². The molecule has 1 heterocycles. The maximum absolute atomic E-state index is 11.9. The average molecular weight is 452 g/mol. The Bertz CT molecular complexity index is 1270. The van der Waals surface area contributed by atoms with Crippen molar-refractivity contribution in [2.75, 3.05) is 18.1 Å². The summed E-state index contributed by atoms with van der Waals surface area (Å²) >= 11 is 0. The molecule has 7 nitrogen and oxygen atoms in total. The van der Waals surface area contributed by atoms with Crippen molar-refractivity contribution in [3.8, 4) is 11.1 Å². The Hall–Kier alpha value is -3.20. The predicted octanol–water partition coefficient (Wildman–Crippen LogP) is 3.57. The van der Waals surface area contributed by atoms with Crippen LogP contribution in [0.15, 0.2) is 60.7 Å². The van der Waals surface area contributed by atoms with Crippen LogP contribution in [0.3, 0.4) is 0 Å². The first-order valence-corrected chi connectivity index (χ1v) is 12.1. The number of carboxylic acids is 1. The number of fused-ring (bicyclic) bond motifs is 1. The van der Waals surface area contributed by atoms with E-state index in [1.807, 2.05) is 36.4 Å². The molecule has 3 aromatic rings. The summed E-state index contributed by atoms with van der Waals surface area (Å²) in [5, 5.41) is 12.6. The molecular weight excluding hydrogens is 426 g/mol. The molecule has 8 heteroatoms. The van der Waals surface area contributed by atoms with Crippen LogP contribution in [0, 0.1) is 0 Å². The van der Waals surface area contributed by atoms with Gasteiger partial charge in [-0.3, -0.25) is 0 Å². The van der Waals surface area contributed by atoms with Crippen LogP contribution in [0.2, 0.25) is 0 Å². The SMILES string of the molecule is CS(=O)(=O)N1CCc2c(cccc2Nc2ccc(CN)c(-c3ccc(C(=O)O)cc3)c2)C1. The fourth-order valence-corrected chi connectivity index (χ4v) is 4.83. The molecule has 3 aromatic carbocycles. The number of rotatable bonds is 6. The Morgan fingerprint density at radius 1 is 1.12 bits per heavy atom. The third-order valence-electron chi connectivity index (χ3n) is 5.75. The van der Waals surface area contributed by atoms with Gasteiger partial charge in [0.05, 0.1) is 11.8 Å². The Kier molecular flexibility index (Phi) is 6.01. The fraction of sp³-hybridized carbons (Fsp3) is 0.208. The maximum atomic E-state index is 11.9. The highest BCUT2D eigenvalue weighted by atomic mass is 32.2. The number of anilines is 2. The first kappa shape index (κ1) is 22.0. The number of carbonyl (C=O) groups is 1. The molecule has 0 aromatic heterocycles. The van der Waals surface area contributed by atoms with Gasteiger partial charge < -0.3 is 16.2 Å². The van der Waals surface area contributed by atoms with Gasteiger partial charge in [0.15, 0.2) is 0 Å². The zero-order valence-corrected chi connectivity index (χ0v) is 18.5. The highest BCUT2D eigenvalue weighted by Crippen LogP contribution is 2.32. The van der Waals surface area contributed by atoms with Crippen LogP contribution in [-0.4, -0.2) is 36.6 Å². The molecular formula is C24H25N3O4S. The van der Waals surface area contributed by atoms with E-state index in [9.17, 15) is 13.2 Å². The van der Waals surface area contributed by atoms with Gasteiger partial charge in [-0.05, 0) is 64.6 Å². The van der Waals surface area contributed by atoms with E-state index in [2.05, 4.69) is 5.32 Å². The Morgan fingerprint density at radius 3 is 2.53 bits per heavy atom.